The number of hydrogen-bond donors (Lipinski definition) is 1. The molecule has 0 radical (unpaired) electrons. The molecule has 3 aromatic rings. The van der Waals surface area contributed by atoms with Gasteiger partial charge in [0.05, 0.1) is 18.6 Å². The molecule has 0 saturated carbocycles. The van der Waals surface area contributed by atoms with E-state index in [9.17, 15) is 18.4 Å². The summed E-state index contributed by atoms with van der Waals surface area (Å²) in [6.07, 6.45) is 1.18. The number of amides is 2. The van der Waals surface area contributed by atoms with E-state index in [0.717, 1.165) is 0 Å². The van der Waals surface area contributed by atoms with Crippen LogP contribution in [0, 0.1) is 12.8 Å². The highest BCUT2D eigenvalue weighted by Gasteiger charge is 2.30. The third kappa shape index (κ3) is 5.36. The number of piperidine rings is 1. The maximum atomic E-state index is 13.1. The second kappa shape index (κ2) is 10.5. The maximum absolute atomic E-state index is 13.1. The van der Waals surface area contributed by atoms with Crippen LogP contribution < -0.4 is 14.8 Å². The van der Waals surface area contributed by atoms with Crippen LogP contribution in [-0.4, -0.2) is 63.7 Å². The molecule has 1 unspecified atom stereocenters. The summed E-state index contributed by atoms with van der Waals surface area (Å²) in [5.74, 6) is -0.315. The lowest BCUT2D eigenvalue weighted by Crippen LogP contribution is -2.43. The van der Waals surface area contributed by atoms with Gasteiger partial charge >= 0.3 is 6.61 Å². The third-order valence-corrected chi connectivity index (χ3v) is 5.71. The molecule has 1 fully saturated rings. The van der Waals surface area contributed by atoms with Gasteiger partial charge in [-0.3, -0.25) is 9.59 Å². The predicted molar refractivity (Wildman–Crippen MR) is 121 cm³/mol. The number of carbonyl (C=O) groups is 2. The number of halogens is 2. The van der Waals surface area contributed by atoms with Crippen LogP contribution in [0.2, 0.25) is 0 Å². The van der Waals surface area contributed by atoms with E-state index in [4.69, 9.17) is 4.74 Å². The molecular formula is C23H24F2N6O4. The van der Waals surface area contributed by atoms with Crippen molar-refractivity contribution in [1.29, 1.82) is 0 Å². The monoisotopic (exact) mass is 486 g/mol. The molecule has 10 nitrogen and oxygen atoms in total. The summed E-state index contributed by atoms with van der Waals surface area (Å²) in [5.41, 5.74) is 1.11. The van der Waals surface area contributed by atoms with E-state index in [1.165, 1.54) is 34.9 Å². The van der Waals surface area contributed by atoms with Gasteiger partial charge in [0.15, 0.2) is 5.82 Å². The van der Waals surface area contributed by atoms with Crippen molar-refractivity contribution >= 4 is 17.5 Å². The molecule has 4 rings (SSSR count). The van der Waals surface area contributed by atoms with E-state index in [2.05, 4.69) is 25.6 Å². The van der Waals surface area contributed by atoms with Crippen molar-refractivity contribution < 1.29 is 27.8 Å². The van der Waals surface area contributed by atoms with Crippen molar-refractivity contribution in [2.24, 2.45) is 5.92 Å². The first-order valence-corrected chi connectivity index (χ1v) is 10.9. The average Bonchev–Trinajstić information content (AvgIpc) is 3.29. The summed E-state index contributed by atoms with van der Waals surface area (Å²) >= 11 is 0. The molecule has 0 bridgehead atoms. The van der Waals surface area contributed by atoms with E-state index in [1.807, 2.05) is 0 Å². The minimum Gasteiger partial charge on any atom is -0.494 e. The summed E-state index contributed by atoms with van der Waals surface area (Å²) in [6, 6.07) is 10.9. The van der Waals surface area contributed by atoms with Gasteiger partial charge in [-0.15, -0.1) is 5.10 Å². The van der Waals surface area contributed by atoms with Crippen LogP contribution in [0.25, 0.3) is 5.69 Å². The van der Waals surface area contributed by atoms with Crippen molar-refractivity contribution in [3.05, 3.63) is 53.9 Å². The van der Waals surface area contributed by atoms with Crippen LogP contribution in [-0.2, 0) is 4.79 Å². The Labute approximate surface area is 199 Å². The number of benzene rings is 2. The summed E-state index contributed by atoms with van der Waals surface area (Å²) in [5, 5.41) is 14.3. The molecular weight excluding hydrogens is 462 g/mol. The predicted octanol–water partition coefficient (Wildman–Crippen LogP) is 3.07. The quantitative estimate of drug-likeness (QED) is 0.546. The number of ether oxygens (including phenoxy) is 2. The molecule has 1 atom stereocenters. The number of likely N-dealkylation sites (tertiary alicyclic amines) is 1. The number of aryl methyl sites for hydroxylation is 1. The molecule has 35 heavy (non-hydrogen) atoms. The highest BCUT2D eigenvalue weighted by atomic mass is 19.3. The lowest BCUT2D eigenvalue weighted by molar-refractivity contribution is -0.121. The minimum atomic E-state index is -3.05. The van der Waals surface area contributed by atoms with Gasteiger partial charge in [-0.05, 0) is 60.5 Å². The number of carbonyl (C=O) groups excluding carboxylic acids is 2. The van der Waals surface area contributed by atoms with Gasteiger partial charge < -0.3 is 19.7 Å². The Morgan fingerprint density at radius 3 is 2.69 bits per heavy atom. The largest absolute Gasteiger partial charge is 0.494 e. The lowest BCUT2D eigenvalue weighted by Gasteiger charge is -2.32. The number of hydrogen-bond acceptors (Lipinski definition) is 7. The fourth-order valence-electron chi connectivity index (χ4n) is 4.02. The van der Waals surface area contributed by atoms with Crippen molar-refractivity contribution in [3.8, 4) is 17.2 Å². The van der Waals surface area contributed by atoms with Crippen molar-refractivity contribution in [3.63, 3.8) is 0 Å². The SMILES string of the molecule is COc1ccc(NC(=O)C2CCCN(C(=O)c3ccccc3OC(F)F)C2)cc1-n1nnnc1C. The number of methoxy groups -OCH3 is 1. The van der Waals surface area contributed by atoms with Gasteiger partial charge in [0.2, 0.25) is 5.91 Å². The first-order chi connectivity index (χ1) is 16.9. The summed E-state index contributed by atoms with van der Waals surface area (Å²) in [6.45, 7) is -0.738. The summed E-state index contributed by atoms with van der Waals surface area (Å²) in [7, 11) is 1.52. The zero-order valence-corrected chi connectivity index (χ0v) is 19.1. The first-order valence-electron chi connectivity index (χ1n) is 10.9. The van der Waals surface area contributed by atoms with E-state index in [0.29, 0.717) is 42.3 Å². The summed E-state index contributed by atoms with van der Waals surface area (Å²) < 4.78 is 36.9. The van der Waals surface area contributed by atoms with Gasteiger partial charge in [-0.25, -0.2) is 0 Å². The van der Waals surface area contributed by atoms with E-state index in [1.54, 1.807) is 31.2 Å². The van der Waals surface area contributed by atoms with Gasteiger partial charge in [0.25, 0.3) is 5.91 Å². The van der Waals surface area contributed by atoms with Crippen LogP contribution in [0.5, 0.6) is 11.5 Å². The number of rotatable bonds is 7. The van der Waals surface area contributed by atoms with Crippen LogP contribution in [0.4, 0.5) is 14.5 Å². The number of anilines is 1. The summed E-state index contributed by atoms with van der Waals surface area (Å²) in [4.78, 5) is 27.6. The Kier molecular flexibility index (Phi) is 7.18. The number of nitrogens with one attached hydrogen (secondary N) is 1. The normalized spacial score (nSPS) is 15.7. The fourth-order valence-corrected chi connectivity index (χ4v) is 4.02. The molecule has 1 aliphatic heterocycles. The van der Waals surface area contributed by atoms with Gasteiger partial charge in [0, 0.05) is 18.8 Å². The van der Waals surface area contributed by atoms with Crippen molar-refractivity contribution in [1.82, 2.24) is 25.1 Å². The molecule has 1 aromatic heterocycles. The Morgan fingerprint density at radius 1 is 1.17 bits per heavy atom. The fraction of sp³-hybridized carbons (Fsp3) is 0.348. The van der Waals surface area contributed by atoms with Gasteiger partial charge in [-0.1, -0.05) is 12.1 Å². The van der Waals surface area contributed by atoms with Crippen LogP contribution in [0.3, 0.4) is 0 Å². The number of tetrazole rings is 1. The van der Waals surface area contributed by atoms with Crippen molar-refractivity contribution in [2.75, 3.05) is 25.5 Å². The van der Waals surface area contributed by atoms with Crippen LogP contribution in [0.15, 0.2) is 42.5 Å². The molecule has 2 heterocycles. The van der Waals surface area contributed by atoms with E-state index >= 15 is 0 Å². The molecule has 1 N–H and O–H groups in total. The molecule has 184 valence electrons. The standard InChI is InChI=1S/C23H24F2N6O4/c1-14-27-28-29-31(14)18-12-16(9-10-20(18)34-2)26-21(32)15-6-5-11-30(13-15)22(33)17-7-3-4-8-19(17)35-23(24)25/h3-4,7-10,12,15,23H,5-6,11,13H2,1-2H3,(H,26,32). The lowest BCUT2D eigenvalue weighted by atomic mass is 9.96. The van der Waals surface area contributed by atoms with Crippen LogP contribution in [0.1, 0.15) is 29.0 Å². The minimum absolute atomic E-state index is 0.0328. The highest BCUT2D eigenvalue weighted by molar-refractivity contribution is 5.98. The molecule has 0 aliphatic carbocycles. The Balaban J connectivity index is 1.48. The molecule has 2 amide bonds. The topological polar surface area (TPSA) is 111 Å². The van der Waals surface area contributed by atoms with Gasteiger partial charge in [0.1, 0.15) is 17.2 Å². The van der Waals surface area contributed by atoms with E-state index < -0.39 is 18.4 Å². The molecule has 1 aliphatic rings. The maximum Gasteiger partial charge on any atom is 0.387 e. The third-order valence-electron chi connectivity index (χ3n) is 5.71. The molecule has 12 heteroatoms. The highest BCUT2D eigenvalue weighted by Crippen LogP contribution is 2.28. The second-order valence-electron chi connectivity index (χ2n) is 7.98. The molecule has 2 aromatic carbocycles. The zero-order valence-electron chi connectivity index (χ0n) is 19.1. The first kappa shape index (κ1) is 24.0. The smallest absolute Gasteiger partial charge is 0.387 e. The van der Waals surface area contributed by atoms with Crippen LogP contribution >= 0.6 is 0 Å². The molecule has 1 saturated heterocycles. The van der Waals surface area contributed by atoms with Gasteiger partial charge in [-0.2, -0.15) is 13.5 Å². The van der Waals surface area contributed by atoms with E-state index in [-0.39, 0.29) is 23.8 Å². The van der Waals surface area contributed by atoms with Crippen molar-refractivity contribution in [2.45, 2.75) is 26.4 Å². The Bertz CT molecular complexity index is 1220. The Morgan fingerprint density at radius 2 is 1.97 bits per heavy atom. The number of alkyl halides is 2. The Hall–Kier alpha value is -4.09. The number of nitrogens with zero attached hydrogens (tertiary/aromatic N) is 5. The zero-order chi connectivity index (χ0) is 24.9. The second-order valence-corrected chi connectivity index (χ2v) is 7.98. The molecule has 0 spiro atoms. The number of aromatic nitrogens is 4. The number of para-hydroxylation sites is 1. The average molecular weight is 486 g/mol.